The summed E-state index contributed by atoms with van der Waals surface area (Å²) in [6.45, 7) is 9.49. The number of aryl methyl sites for hydroxylation is 1. The summed E-state index contributed by atoms with van der Waals surface area (Å²) in [5.74, 6) is 0. The van der Waals surface area contributed by atoms with Gasteiger partial charge in [0, 0.05) is 14.3 Å². The van der Waals surface area contributed by atoms with E-state index in [1.807, 2.05) is 34.0 Å². The molecule has 0 saturated heterocycles. The minimum Gasteiger partial charge on any atom is -0.143 e. The first-order valence-corrected chi connectivity index (χ1v) is 11.3. The van der Waals surface area contributed by atoms with Crippen LogP contribution in [-0.4, -0.2) is 8.07 Å². The predicted molar refractivity (Wildman–Crippen MR) is 82.8 cm³/mol. The highest BCUT2D eigenvalue weighted by molar-refractivity contribution is 7.42. The van der Waals surface area contributed by atoms with Crippen LogP contribution in [0, 0.1) is 6.92 Å². The van der Waals surface area contributed by atoms with Crippen molar-refractivity contribution in [3.63, 3.8) is 0 Å². The van der Waals surface area contributed by atoms with Crippen molar-refractivity contribution in [3.05, 3.63) is 17.0 Å². The van der Waals surface area contributed by atoms with Gasteiger partial charge >= 0.3 is 0 Å². The smallest absolute Gasteiger partial charge is 0.0904 e. The van der Waals surface area contributed by atoms with Crippen LogP contribution in [0.1, 0.15) is 4.88 Å². The van der Waals surface area contributed by atoms with Gasteiger partial charge in [-0.15, -0.1) is 34.0 Å². The Morgan fingerprint density at radius 3 is 2.19 bits per heavy atom. The highest BCUT2D eigenvalue weighted by atomic mass is 32.1. The molecule has 4 heteroatoms. The van der Waals surface area contributed by atoms with Crippen LogP contribution in [0.25, 0.3) is 18.8 Å². The van der Waals surface area contributed by atoms with E-state index in [4.69, 9.17) is 0 Å². The van der Waals surface area contributed by atoms with E-state index in [9.17, 15) is 0 Å². The van der Waals surface area contributed by atoms with E-state index in [2.05, 4.69) is 38.7 Å². The molecule has 3 rings (SSSR count). The molecule has 0 spiro atoms. The molecular weight excluding hydrogens is 268 g/mol. The topological polar surface area (TPSA) is 0 Å². The van der Waals surface area contributed by atoms with E-state index < -0.39 is 8.07 Å². The molecule has 0 saturated carbocycles. The molecule has 0 aliphatic rings. The molecule has 3 aromatic rings. The second-order valence-corrected chi connectivity index (χ2v) is 14.0. The van der Waals surface area contributed by atoms with Crippen molar-refractivity contribution in [2.45, 2.75) is 26.6 Å². The molecule has 0 atom stereocenters. The lowest BCUT2D eigenvalue weighted by Crippen LogP contribution is -2.34. The average Bonchev–Trinajstić information content (AvgIpc) is 2.72. The monoisotopic (exact) mass is 282 g/mol. The van der Waals surface area contributed by atoms with Gasteiger partial charge in [-0.25, -0.2) is 0 Å². The Morgan fingerprint density at radius 2 is 1.50 bits per heavy atom. The SMILES string of the molecule is Cc1cc2sc3cc([Si](C)(C)C)sc3c2s1. The van der Waals surface area contributed by atoms with Gasteiger partial charge in [0.2, 0.25) is 0 Å². The lowest BCUT2D eigenvalue weighted by molar-refractivity contribution is 1.66. The Labute approximate surface area is 109 Å². The molecule has 0 aliphatic heterocycles. The molecule has 0 aromatic carbocycles. The highest BCUT2D eigenvalue weighted by Gasteiger charge is 2.21. The quantitative estimate of drug-likeness (QED) is 0.549. The minimum absolute atomic E-state index is 1.13. The van der Waals surface area contributed by atoms with Crippen LogP contribution < -0.4 is 4.50 Å². The molecule has 0 amide bonds. The summed E-state index contributed by atoms with van der Waals surface area (Å²) in [7, 11) is -1.13. The van der Waals surface area contributed by atoms with Gasteiger partial charge in [-0.2, -0.15) is 0 Å². The average molecular weight is 283 g/mol. The number of hydrogen-bond acceptors (Lipinski definition) is 3. The summed E-state index contributed by atoms with van der Waals surface area (Å²) < 4.78 is 7.68. The summed E-state index contributed by atoms with van der Waals surface area (Å²) in [6.07, 6.45) is 0. The fourth-order valence-electron chi connectivity index (χ4n) is 1.82. The molecule has 0 bridgehead atoms. The van der Waals surface area contributed by atoms with E-state index in [-0.39, 0.29) is 0 Å². The van der Waals surface area contributed by atoms with Crippen LogP contribution in [0.4, 0.5) is 0 Å². The summed E-state index contributed by atoms with van der Waals surface area (Å²) in [5, 5.41) is 0. The van der Waals surface area contributed by atoms with E-state index in [1.54, 1.807) is 4.50 Å². The number of fused-ring (bicyclic) bond motifs is 3. The fourth-order valence-corrected chi connectivity index (χ4v) is 7.72. The van der Waals surface area contributed by atoms with Crippen molar-refractivity contribution in [2.24, 2.45) is 0 Å². The maximum atomic E-state index is 2.44. The van der Waals surface area contributed by atoms with Gasteiger partial charge in [0.1, 0.15) is 0 Å². The third kappa shape index (κ3) is 1.59. The normalized spacial score (nSPS) is 13.0. The Kier molecular flexibility index (Phi) is 2.34. The molecule has 0 aliphatic carbocycles. The largest absolute Gasteiger partial charge is 0.143 e. The Hall–Kier alpha value is -0.163. The molecule has 0 unspecified atom stereocenters. The van der Waals surface area contributed by atoms with E-state index in [0.29, 0.717) is 0 Å². The zero-order chi connectivity index (χ0) is 11.5. The summed E-state index contributed by atoms with van der Waals surface area (Å²) in [6, 6.07) is 4.77. The van der Waals surface area contributed by atoms with E-state index in [1.165, 1.54) is 23.7 Å². The van der Waals surface area contributed by atoms with Crippen molar-refractivity contribution in [3.8, 4) is 0 Å². The molecule has 3 heterocycles. The first-order chi connectivity index (χ1) is 7.45. The van der Waals surface area contributed by atoms with E-state index in [0.717, 1.165) is 0 Å². The molecule has 3 aromatic heterocycles. The minimum atomic E-state index is -1.13. The standard InChI is InChI=1S/C12H14S3Si/c1-7-5-8-11(13-7)12-9(14-8)6-10(15-12)16(2,3)4/h5-6H,1-4H3. The lowest BCUT2D eigenvalue weighted by atomic mass is 10.4. The van der Waals surface area contributed by atoms with Crippen LogP contribution in [-0.2, 0) is 0 Å². The van der Waals surface area contributed by atoms with Gasteiger partial charge in [-0.05, 0) is 23.6 Å². The van der Waals surface area contributed by atoms with Gasteiger partial charge in [0.25, 0.3) is 0 Å². The summed E-state index contributed by atoms with van der Waals surface area (Å²) in [4.78, 5) is 1.44. The van der Waals surface area contributed by atoms with Crippen molar-refractivity contribution in [1.29, 1.82) is 0 Å². The second-order valence-electron chi connectivity index (χ2n) is 5.21. The third-order valence-corrected chi connectivity index (χ3v) is 9.96. The molecule has 84 valence electrons. The molecular formula is C12H14S3Si. The molecule has 0 fully saturated rings. The van der Waals surface area contributed by atoms with Gasteiger partial charge in [-0.1, -0.05) is 19.6 Å². The van der Waals surface area contributed by atoms with Crippen molar-refractivity contribution < 1.29 is 0 Å². The molecule has 0 N–H and O–H groups in total. The number of thiophene rings is 3. The van der Waals surface area contributed by atoms with Crippen molar-refractivity contribution in [2.75, 3.05) is 0 Å². The van der Waals surface area contributed by atoms with Crippen LogP contribution in [0.3, 0.4) is 0 Å². The van der Waals surface area contributed by atoms with Crippen LogP contribution in [0.5, 0.6) is 0 Å². The van der Waals surface area contributed by atoms with Crippen LogP contribution in [0.15, 0.2) is 12.1 Å². The predicted octanol–water partition coefficient (Wildman–Crippen LogP) is 5.03. The van der Waals surface area contributed by atoms with Crippen LogP contribution in [0.2, 0.25) is 19.6 Å². The maximum absolute atomic E-state index is 2.44. The van der Waals surface area contributed by atoms with Crippen molar-refractivity contribution in [1.82, 2.24) is 0 Å². The molecule has 0 radical (unpaired) electrons. The highest BCUT2D eigenvalue weighted by Crippen LogP contribution is 2.41. The summed E-state index contributed by atoms with van der Waals surface area (Å²) in [5.41, 5.74) is 0. The number of hydrogen-bond donors (Lipinski definition) is 0. The zero-order valence-corrected chi connectivity index (χ0v) is 13.3. The Bertz CT molecular complexity index is 663. The van der Waals surface area contributed by atoms with Crippen molar-refractivity contribution >= 4 is 65.4 Å². The Balaban J connectivity index is 2.32. The van der Waals surface area contributed by atoms with Gasteiger partial charge in [0.05, 0.1) is 17.5 Å². The van der Waals surface area contributed by atoms with Gasteiger partial charge < -0.3 is 0 Å². The fraction of sp³-hybridized carbons (Fsp3) is 0.333. The van der Waals surface area contributed by atoms with Crippen LogP contribution >= 0.6 is 34.0 Å². The molecule has 0 nitrogen and oxygen atoms in total. The lowest BCUT2D eigenvalue weighted by Gasteiger charge is -2.11. The van der Waals surface area contributed by atoms with Gasteiger partial charge in [-0.3, -0.25) is 0 Å². The van der Waals surface area contributed by atoms with Gasteiger partial charge in [0.15, 0.2) is 0 Å². The Morgan fingerprint density at radius 1 is 0.875 bits per heavy atom. The second kappa shape index (κ2) is 3.42. The summed E-state index contributed by atoms with van der Waals surface area (Å²) >= 11 is 5.95. The maximum Gasteiger partial charge on any atom is 0.0904 e. The first-order valence-electron chi connectivity index (χ1n) is 5.38. The zero-order valence-electron chi connectivity index (χ0n) is 9.88. The molecule has 16 heavy (non-hydrogen) atoms. The third-order valence-electron chi connectivity index (χ3n) is 2.68. The first kappa shape index (κ1) is 11.0. The number of rotatable bonds is 1. The van der Waals surface area contributed by atoms with E-state index >= 15 is 0 Å².